The molecule has 0 saturated carbocycles. The van der Waals surface area contributed by atoms with Gasteiger partial charge in [-0.2, -0.15) is 0 Å². The Balaban J connectivity index is 1.55. The summed E-state index contributed by atoms with van der Waals surface area (Å²) in [7, 11) is 1.54. The Morgan fingerprint density at radius 3 is 2.63 bits per heavy atom. The fourth-order valence-electron chi connectivity index (χ4n) is 2.95. The van der Waals surface area contributed by atoms with Crippen molar-refractivity contribution in [1.29, 1.82) is 0 Å². The van der Waals surface area contributed by atoms with E-state index in [1.54, 1.807) is 25.3 Å². The van der Waals surface area contributed by atoms with Crippen LogP contribution in [-0.2, 0) is 11.2 Å². The summed E-state index contributed by atoms with van der Waals surface area (Å²) >= 11 is 0.935. The minimum absolute atomic E-state index is 0.151. The van der Waals surface area contributed by atoms with Crippen LogP contribution in [0.25, 0.3) is 6.08 Å². The number of hydrogen-bond acceptors (Lipinski definition) is 6. The average Bonchev–Trinajstić information content (AvgIpc) is 3.24. The second-order valence-corrected chi connectivity index (χ2v) is 7.01. The highest BCUT2D eigenvalue weighted by atomic mass is 32.2. The zero-order valence-electron chi connectivity index (χ0n) is 14.6. The van der Waals surface area contributed by atoms with Gasteiger partial charge in [0.25, 0.3) is 11.1 Å². The first-order chi connectivity index (χ1) is 13.2. The van der Waals surface area contributed by atoms with E-state index in [0.717, 1.165) is 17.3 Å². The number of carbonyl (C=O) groups excluding carboxylic acids is 2. The van der Waals surface area contributed by atoms with Crippen LogP contribution in [0.2, 0.25) is 0 Å². The van der Waals surface area contributed by atoms with Crippen molar-refractivity contribution in [3.63, 3.8) is 0 Å². The number of thioether (sulfide) groups is 1. The quantitative estimate of drug-likeness (QED) is 0.734. The van der Waals surface area contributed by atoms with Crippen molar-refractivity contribution in [2.75, 3.05) is 20.4 Å². The number of ether oxygens (including phenoxy) is 3. The standard InChI is InChI=1S/C20H17NO5S/c1-24-15-11-17-16(25-12-26-17)9-14(15)10-18-19(22)21(20(23)27-18)8-7-13-5-3-2-4-6-13/h2-6,9-11H,7-8,12H2,1H3/b18-10-. The van der Waals surface area contributed by atoms with Crippen molar-refractivity contribution in [2.45, 2.75) is 6.42 Å². The van der Waals surface area contributed by atoms with Crippen LogP contribution in [0.3, 0.4) is 0 Å². The van der Waals surface area contributed by atoms with Gasteiger partial charge in [-0.25, -0.2) is 0 Å². The van der Waals surface area contributed by atoms with E-state index in [2.05, 4.69) is 0 Å². The van der Waals surface area contributed by atoms with Crippen LogP contribution in [0.4, 0.5) is 4.79 Å². The first kappa shape index (κ1) is 17.5. The molecule has 2 aromatic rings. The van der Waals surface area contributed by atoms with Crippen LogP contribution in [0.15, 0.2) is 47.4 Å². The molecule has 0 aromatic heterocycles. The van der Waals surface area contributed by atoms with E-state index >= 15 is 0 Å². The van der Waals surface area contributed by atoms with Gasteiger partial charge in [0.2, 0.25) is 6.79 Å². The summed E-state index contributed by atoms with van der Waals surface area (Å²) < 4.78 is 16.1. The lowest BCUT2D eigenvalue weighted by Gasteiger charge is -2.12. The highest BCUT2D eigenvalue weighted by Gasteiger charge is 2.35. The van der Waals surface area contributed by atoms with Crippen molar-refractivity contribution < 1.29 is 23.8 Å². The molecule has 138 valence electrons. The van der Waals surface area contributed by atoms with Gasteiger partial charge in [-0.1, -0.05) is 30.3 Å². The lowest BCUT2D eigenvalue weighted by Crippen LogP contribution is -2.30. The van der Waals surface area contributed by atoms with Crippen LogP contribution in [-0.4, -0.2) is 36.5 Å². The van der Waals surface area contributed by atoms with Crippen LogP contribution >= 0.6 is 11.8 Å². The second kappa shape index (κ2) is 7.36. The van der Waals surface area contributed by atoms with Gasteiger partial charge in [-0.15, -0.1) is 0 Å². The summed E-state index contributed by atoms with van der Waals surface area (Å²) in [6.07, 6.45) is 2.29. The van der Waals surface area contributed by atoms with Gasteiger partial charge in [0.1, 0.15) is 5.75 Å². The van der Waals surface area contributed by atoms with E-state index in [4.69, 9.17) is 14.2 Å². The fraction of sp³-hybridized carbons (Fsp3) is 0.200. The molecule has 2 aliphatic heterocycles. The van der Waals surface area contributed by atoms with Crippen LogP contribution in [0, 0.1) is 0 Å². The van der Waals surface area contributed by atoms with Crippen molar-refractivity contribution >= 4 is 29.0 Å². The maximum absolute atomic E-state index is 12.7. The maximum Gasteiger partial charge on any atom is 0.293 e. The summed E-state index contributed by atoms with van der Waals surface area (Å²) in [5, 5.41) is -0.262. The molecule has 0 aliphatic carbocycles. The van der Waals surface area contributed by atoms with Gasteiger partial charge in [0.05, 0.1) is 12.0 Å². The Morgan fingerprint density at radius 2 is 1.89 bits per heavy atom. The normalized spacial score (nSPS) is 17.1. The molecule has 27 heavy (non-hydrogen) atoms. The van der Waals surface area contributed by atoms with Crippen LogP contribution in [0.1, 0.15) is 11.1 Å². The van der Waals surface area contributed by atoms with E-state index in [0.29, 0.717) is 40.7 Å². The Labute approximate surface area is 160 Å². The van der Waals surface area contributed by atoms with E-state index in [-0.39, 0.29) is 17.9 Å². The molecule has 2 heterocycles. The van der Waals surface area contributed by atoms with Gasteiger partial charge in [0.15, 0.2) is 11.5 Å². The number of rotatable bonds is 5. The minimum atomic E-state index is -0.291. The predicted octanol–water partition coefficient (Wildman–Crippen LogP) is 3.70. The van der Waals surface area contributed by atoms with Crippen LogP contribution in [0.5, 0.6) is 17.2 Å². The van der Waals surface area contributed by atoms with Crippen molar-refractivity contribution in [3.05, 3.63) is 58.5 Å². The van der Waals surface area contributed by atoms with Gasteiger partial charge in [0, 0.05) is 18.2 Å². The molecule has 0 radical (unpaired) electrons. The van der Waals surface area contributed by atoms with E-state index < -0.39 is 0 Å². The topological polar surface area (TPSA) is 65.1 Å². The highest BCUT2D eigenvalue weighted by Crippen LogP contribution is 2.40. The van der Waals surface area contributed by atoms with Gasteiger partial charge < -0.3 is 14.2 Å². The zero-order valence-corrected chi connectivity index (χ0v) is 15.5. The number of benzene rings is 2. The van der Waals surface area contributed by atoms with Crippen LogP contribution < -0.4 is 14.2 Å². The molecule has 4 rings (SSSR count). The van der Waals surface area contributed by atoms with E-state index in [9.17, 15) is 9.59 Å². The fourth-order valence-corrected chi connectivity index (χ4v) is 3.80. The Kier molecular flexibility index (Phi) is 4.77. The molecule has 1 fully saturated rings. The SMILES string of the molecule is COc1cc2c(cc1/C=C1\SC(=O)N(CCc3ccccc3)C1=O)OCO2. The lowest BCUT2D eigenvalue weighted by atomic mass is 10.1. The Hall–Kier alpha value is -2.93. The maximum atomic E-state index is 12.7. The lowest BCUT2D eigenvalue weighted by molar-refractivity contribution is -0.122. The number of nitrogens with zero attached hydrogens (tertiary/aromatic N) is 1. The molecular formula is C20H17NO5S. The number of imide groups is 1. The summed E-state index contributed by atoms with van der Waals surface area (Å²) in [5.74, 6) is 1.45. The summed E-state index contributed by atoms with van der Waals surface area (Å²) in [6, 6.07) is 13.2. The Bertz CT molecular complexity index is 925. The first-order valence-corrected chi connectivity index (χ1v) is 9.24. The third-order valence-electron chi connectivity index (χ3n) is 4.35. The third-order valence-corrected chi connectivity index (χ3v) is 5.26. The molecule has 0 atom stereocenters. The number of methoxy groups -OCH3 is 1. The largest absolute Gasteiger partial charge is 0.496 e. The Morgan fingerprint density at radius 1 is 1.15 bits per heavy atom. The monoisotopic (exact) mass is 383 g/mol. The molecule has 1 saturated heterocycles. The number of amides is 2. The molecule has 0 bridgehead atoms. The number of carbonyl (C=O) groups is 2. The van der Waals surface area contributed by atoms with Crippen molar-refractivity contribution in [1.82, 2.24) is 4.90 Å². The van der Waals surface area contributed by atoms with E-state index in [1.165, 1.54) is 4.90 Å². The predicted molar refractivity (Wildman–Crippen MR) is 102 cm³/mol. The van der Waals surface area contributed by atoms with Gasteiger partial charge in [-0.3, -0.25) is 14.5 Å². The second-order valence-electron chi connectivity index (χ2n) is 6.02. The first-order valence-electron chi connectivity index (χ1n) is 8.42. The molecule has 7 heteroatoms. The zero-order chi connectivity index (χ0) is 18.8. The van der Waals surface area contributed by atoms with Crippen molar-refractivity contribution in [2.24, 2.45) is 0 Å². The molecule has 0 spiro atoms. The molecule has 6 nitrogen and oxygen atoms in total. The number of fused-ring (bicyclic) bond motifs is 1. The molecule has 2 aromatic carbocycles. The highest BCUT2D eigenvalue weighted by molar-refractivity contribution is 8.18. The van der Waals surface area contributed by atoms with E-state index in [1.807, 2.05) is 30.3 Å². The molecule has 0 unspecified atom stereocenters. The summed E-state index contributed by atoms with van der Waals surface area (Å²) in [5.41, 5.74) is 1.74. The summed E-state index contributed by atoms with van der Waals surface area (Å²) in [6.45, 7) is 0.502. The third kappa shape index (κ3) is 3.50. The smallest absolute Gasteiger partial charge is 0.293 e. The van der Waals surface area contributed by atoms with Gasteiger partial charge in [-0.05, 0) is 35.9 Å². The van der Waals surface area contributed by atoms with Gasteiger partial charge >= 0.3 is 0 Å². The molecule has 0 N–H and O–H groups in total. The molecular weight excluding hydrogens is 366 g/mol. The molecule has 2 amide bonds. The summed E-state index contributed by atoms with van der Waals surface area (Å²) in [4.78, 5) is 26.6. The molecule has 2 aliphatic rings. The van der Waals surface area contributed by atoms with Crippen molar-refractivity contribution in [3.8, 4) is 17.2 Å². The number of hydrogen-bond donors (Lipinski definition) is 0. The minimum Gasteiger partial charge on any atom is -0.496 e. The average molecular weight is 383 g/mol.